The lowest BCUT2D eigenvalue weighted by Crippen LogP contribution is -2.41. The molecule has 182 valence electrons. The third-order valence-corrected chi connectivity index (χ3v) is 5.73. The second-order valence-electron chi connectivity index (χ2n) is 8.19. The van der Waals surface area contributed by atoms with Gasteiger partial charge in [0, 0.05) is 25.2 Å². The first kappa shape index (κ1) is 25.3. The largest absolute Gasteiger partial charge is 0.455 e. The predicted molar refractivity (Wildman–Crippen MR) is 119 cm³/mol. The highest BCUT2D eigenvalue weighted by molar-refractivity contribution is 5.94. The number of alkyl halides is 3. The molecule has 34 heavy (non-hydrogen) atoms. The van der Waals surface area contributed by atoms with E-state index in [0.717, 1.165) is 37.1 Å². The van der Waals surface area contributed by atoms with Gasteiger partial charge in [0.25, 0.3) is 11.8 Å². The van der Waals surface area contributed by atoms with E-state index in [9.17, 15) is 27.6 Å². The molecule has 0 spiro atoms. The minimum absolute atomic E-state index is 0.165. The van der Waals surface area contributed by atoms with Crippen LogP contribution in [0.25, 0.3) is 0 Å². The summed E-state index contributed by atoms with van der Waals surface area (Å²) in [5.41, 5.74) is 0.537. The summed E-state index contributed by atoms with van der Waals surface area (Å²) in [5.74, 6) is -1.66. The zero-order valence-corrected chi connectivity index (χ0v) is 18.6. The van der Waals surface area contributed by atoms with Crippen molar-refractivity contribution in [1.29, 1.82) is 0 Å². The first-order valence-corrected chi connectivity index (χ1v) is 11.2. The lowest BCUT2D eigenvalue weighted by Gasteiger charge is -2.31. The van der Waals surface area contributed by atoms with Crippen LogP contribution in [0.2, 0.25) is 0 Å². The number of nitrogens with zero attached hydrogens (tertiary/aromatic N) is 1. The van der Waals surface area contributed by atoms with Crippen molar-refractivity contribution >= 4 is 17.8 Å². The van der Waals surface area contributed by atoms with E-state index >= 15 is 0 Å². The number of likely N-dealkylation sites (tertiary alicyclic amines) is 1. The summed E-state index contributed by atoms with van der Waals surface area (Å²) in [6, 6.07) is 14.0. The normalized spacial score (nSPS) is 14.5. The van der Waals surface area contributed by atoms with E-state index in [1.165, 1.54) is 10.5 Å². The Morgan fingerprint density at radius 1 is 0.971 bits per heavy atom. The number of carbonyl (C=O) groups is 3. The molecule has 3 rings (SSSR count). The Bertz CT molecular complexity index is 970. The van der Waals surface area contributed by atoms with E-state index < -0.39 is 23.6 Å². The van der Waals surface area contributed by atoms with Crippen molar-refractivity contribution in [2.45, 2.75) is 31.9 Å². The first-order chi connectivity index (χ1) is 16.2. The summed E-state index contributed by atoms with van der Waals surface area (Å²) in [7, 11) is 0. The van der Waals surface area contributed by atoms with Crippen LogP contribution in [0.4, 0.5) is 13.2 Å². The number of piperidine rings is 1. The summed E-state index contributed by atoms with van der Waals surface area (Å²) in [6.07, 6.45) is -2.12. The molecule has 2 aromatic carbocycles. The molecule has 1 fully saturated rings. The zero-order chi connectivity index (χ0) is 24.6. The van der Waals surface area contributed by atoms with Crippen LogP contribution in [0, 0.1) is 5.92 Å². The second-order valence-corrected chi connectivity index (χ2v) is 8.19. The van der Waals surface area contributed by atoms with E-state index in [-0.39, 0.29) is 37.1 Å². The van der Waals surface area contributed by atoms with Crippen molar-refractivity contribution in [1.82, 2.24) is 10.2 Å². The second kappa shape index (κ2) is 11.7. The highest BCUT2D eigenvalue weighted by Crippen LogP contribution is 2.29. The molecule has 6 nitrogen and oxygen atoms in total. The summed E-state index contributed by atoms with van der Waals surface area (Å²) in [5, 5.41) is 2.73. The smallest absolute Gasteiger partial charge is 0.416 e. The Morgan fingerprint density at radius 2 is 1.62 bits per heavy atom. The number of aryl methyl sites for hydroxylation is 1. The number of hydrogen-bond acceptors (Lipinski definition) is 4. The molecule has 2 aromatic rings. The van der Waals surface area contributed by atoms with Gasteiger partial charge in [0.05, 0.1) is 11.5 Å². The average molecular weight is 476 g/mol. The van der Waals surface area contributed by atoms with Gasteiger partial charge in [0.2, 0.25) is 0 Å². The molecule has 0 bridgehead atoms. The molecule has 1 heterocycles. The topological polar surface area (TPSA) is 75.7 Å². The maximum absolute atomic E-state index is 12.7. The molecule has 1 saturated heterocycles. The molecular formula is C25H27F3N2O4. The molecule has 0 radical (unpaired) electrons. The molecule has 1 aliphatic rings. The molecule has 0 aromatic heterocycles. The van der Waals surface area contributed by atoms with Crippen LogP contribution in [-0.4, -0.2) is 48.9 Å². The van der Waals surface area contributed by atoms with Crippen molar-refractivity contribution < 1.29 is 32.3 Å². The summed E-state index contributed by atoms with van der Waals surface area (Å²) in [4.78, 5) is 38.2. The fourth-order valence-corrected chi connectivity index (χ4v) is 3.77. The highest BCUT2D eigenvalue weighted by atomic mass is 19.4. The quantitative estimate of drug-likeness (QED) is 0.464. The summed E-state index contributed by atoms with van der Waals surface area (Å²) >= 11 is 0. The lowest BCUT2D eigenvalue weighted by atomic mass is 9.96. The minimum atomic E-state index is -4.46. The van der Waals surface area contributed by atoms with Crippen LogP contribution < -0.4 is 5.32 Å². The number of amides is 2. The third kappa shape index (κ3) is 7.33. The molecule has 1 aliphatic heterocycles. The van der Waals surface area contributed by atoms with Crippen molar-refractivity contribution in [3.8, 4) is 0 Å². The standard InChI is InChI=1S/C25H27F3N2O4/c26-25(27,28)21-10-8-19(9-11-21)23(32)30-15-12-20(13-16-30)24(33)34-17-22(31)29-14-4-7-18-5-2-1-3-6-18/h1-3,5-6,8-11,20H,4,7,12-17H2,(H,29,31). The predicted octanol–water partition coefficient (Wildman–Crippen LogP) is 3.85. The SMILES string of the molecule is O=C(COC(=O)C1CCN(C(=O)c2ccc(C(F)(F)F)cc2)CC1)NCCCc1ccccc1. The number of ether oxygens (including phenoxy) is 1. The molecule has 0 unspecified atom stereocenters. The number of benzene rings is 2. The van der Waals surface area contributed by atoms with Gasteiger partial charge in [-0.15, -0.1) is 0 Å². The van der Waals surface area contributed by atoms with Crippen LogP contribution in [0.15, 0.2) is 54.6 Å². The van der Waals surface area contributed by atoms with Gasteiger partial charge in [-0.2, -0.15) is 13.2 Å². The van der Waals surface area contributed by atoms with Crippen LogP contribution >= 0.6 is 0 Å². The van der Waals surface area contributed by atoms with Gasteiger partial charge in [0.15, 0.2) is 6.61 Å². The third-order valence-electron chi connectivity index (χ3n) is 5.73. The van der Waals surface area contributed by atoms with E-state index in [2.05, 4.69) is 5.32 Å². The molecule has 0 aliphatic carbocycles. The van der Waals surface area contributed by atoms with Gasteiger partial charge in [-0.25, -0.2) is 0 Å². The van der Waals surface area contributed by atoms with Crippen molar-refractivity contribution in [2.24, 2.45) is 5.92 Å². The number of nitrogens with one attached hydrogen (secondary N) is 1. The Balaban J connectivity index is 1.34. The van der Waals surface area contributed by atoms with Gasteiger partial charge >= 0.3 is 12.1 Å². The zero-order valence-electron chi connectivity index (χ0n) is 18.6. The molecular weight excluding hydrogens is 449 g/mol. The Kier molecular flexibility index (Phi) is 8.67. The molecule has 1 N–H and O–H groups in total. The fourth-order valence-electron chi connectivity index (χ4n) is 3.77. The number of esters is 1. The van der Waals surface area contributed by atoms with Crippen molar-refractivity contribution in [3.05, 3.63) is 71.3 Å². The van der Waals surface area contributed by atoms with Crippen LogP contribution in [0.3, 0.4) is 0 Å². The lowest BCUT2D eigenvalue weighted by molar-refractivity contribution is -0.153. The summed E-state index contributed by atoms with van der Waals surface area (Å²) in [6.45, 7) is 0.696. The van der Waals surface area contributed by atoms with Crippen molar-refractivity contribution in [2.75, 3.05) is 26.2 Å². The maximum Gasteiger partial charge on any atom is 0.416 e. The van der Waals surface area contributed by atoms with Gasteiger partial charge in [-0.1, -0.05) is 30.3 Å². The Labute approximate surface area is 196 Å². The van der Waals surface area contributed by atoms with Gasteiger partial charge in [-0.05, 0) is 55.5 Å². The first-order valence-electron chi connectivity index (χ1n) is 11.2. The molecule has 0 atom stereocenters. The monoisotopic (exact) mass is 476 g/mol. The molecule has 2 amide bonds. The van der Waals surface area contributed by atoms with Gasteiger partial charge in [-0.3, -0.25) is 14.4 Å². The molecule has 9 heteroatoms. The molecule has 0 saturated carbocycles. The Hall–Kier alpha value is -3.36. The van der Waals surface area contributed by atoms with Crippen LogP contribution in [0.5, 0.6) is 0 Å². The van der Waals surface area contributed by atoms with E-state index in [4.69, 9.17) is 4.74 Å². The number of hydrogen-bond donors (Lipinski definition) is 1. The number of halogens is 3. The van der Waals surface area contributed by atoms with E-state index in [0.29, 0.717) is 19.4 Å². The average Bonchev–Trinajstić information content (AvgIpc) is 2.85. The van der Waals surface area contributed by atoms with Crippen LogP contribution in [-0.2, 0) is 26.9 Å². The highest BCUT2D eigenvalue weighted by Gasteiger charge is 2.32. The van der Waals surface area contributed by atoms with Crippen LogP contribution in [0.1, 0.15) is 40.7 Å². The maximum atomic E-state index is 12.7. The van der Waals surface area contributed by atoms with E-state index in [1.54, 1.807) is 0 Å². The summed E-state index contributed by atoms with van der Waals surface area (Å²) < 4.78 is 43.2. The minimum Gasteiger partial charge on any atom is -0.455 e. The van der Waals surface area contributed by atoms with Gasteiger partial charge in [0.1, 0.15) is 0 Å². The number of rotatable bonds is 8. The fraction of sp³-hybridized carbons (Fsp3) is 0.400. The van der Waals surface area contributed by atoms with Gasteiger partial charge < -0.3 is 15.0 Å². The van der Waals surface area contributed by atoms with Crippen molar-refractivity contribution in [3.63, 3.8) is 0 Å². The number of carbonyl (C=O) groups excluding carboxylic acids is 3. The van der Waals surface area contributed by atoms with E-state index in [1.807, 2.05) is 30.3 Å². The Morgan fingerprint density at radius 3 is 2.24 bits per heavy atom.